The Balaban J connectivity index is 1.40. The first-order valence-corrected chi connectivity index (χ1v) is 12.2. The van der Waals surface area contributed by atoms with Gasteiger partial charge in [-0.2, -0.15) is 18.3 Å². The maximum Gasteiger partial charge on any atom is 0.586 e. The number of fused-ring (bicyclic) bond motifs is 2. The first-order valence-electron chi connectivity index (χ1n) is 12.2. The maximum absolute atomic E-state index is 14.0. The fraction of sp³-hybridized carbons (Fsp3) is 0.222. The zero-order valence-corrected chi connectivity index (χ0v) is 21.1. The minimum Gasteiger partial charge on any atom is -0.395 e. The largest absolute Gasteiger partial charge is 0.586 e. The molecule has 2 aliphatic heterocycles. The lowest BCUT2D eigenvalue weighted by atomic mass is 10.0. The average molecular weight is 574 g/mol. The van der Waals surface area contributed by atoms with Gasteiger partial charge in [0.05, 0.1) is 24.6 Å². The second-order valence-electron chi connectivity index (χ2n) is 9.31. The van der Waals surface area contributed by atoms with E-state index in [4.69, 9.17) is 4.74 Å². The normalized spacial score (nSPS) is 17.3. The van der Waals surface area contributed by atoms with Gasteiger partial charge >= 0.3 is 12.5 Å². The van der Waals surface area contributed by atoms with Crippen molar-refractivity contribution < 1.29 is 41.0 Å². The number of nitrogens with zero attached hydrogens (tertiary/aromatic N) is 4. The Morgan fingerprint density at radius 1 is 1.05 bits per heavy atom. The predicted molar refractivity (Wildman–Crippen MR) is 132 cm³/mol. The SMILES string of the molecule is CN(C(=O)c1cccc(-n2nc(C(F)(F)F)c3c2C(n2ccccc2=O)COC3)c1)c1ccc2c(c1)OC(F)(F)O2. The summed E-state index contributed by atoms with van der Waals surface area (Å²) in [6, 6.07) is 13.0. The number of carbonyl (C=O) groups is 1. The number of amides is 1. The molecule has 4 aromatic rings. The van der Waals surface area contributed by atoms with E-state index in [-0.39, 0.29) is 52.9 Å². The lowest BCUT2D eigenvalue weighted by Crippen LogP contribution is -2.32. The third-order valence-corrected chi connectivity index (χ3v) is 6.73. The molecular formula is C27H19F5N4O5. The summed E-state index contributed by atoms with van der Waals surface area (Å²) in [5.74, 6) is -1.04. The van der Waals surface area contributed by atoms with Crippen molar-refractivity contribution in [2.75, 3.05) is 18.6 Å². The average Bonchev–Trinajstić information content (AvgIpc) is 3.48. The maximum atomic E-state index is 14.0. The second kappa shape index (κ2) is 9.44. The Labute approximate surface area is 227 Å². The van der Waals surface area contributed by atoms with Crippen LogP contribution in [0.1, 0.15) is 33.4 Å². The zero-order valence-electron chi connectivity index (χ0n) is 21.1. The van der Waals surface area contributed by atoms with Crippen LogP contribution in [0, 0.1) is 0 Å². The number of carbonyl (C=O) groups excluding carboxylic acids is 1. The Morgan fingerprint density at radius 2 is 1.83 bits per heavy atom. The molecule has 0 bridgehead atoms. The second-order valence-corrected chi connectivity index (χ2v) is 9.31. The van der Waals surface area contributed by atoms with Crippen molar-refractivity contribution >= 4 is 11.6 Å². The van der Waals surface area contributed by atoms with Gasteiger partial charge in [-0.1, -0.05) is 12.1 Å². The quantitative estimate of drug-likeness (QED) is 0.327. The van der Waals surface area contributed by atoms with Gasteiger partial charge in [0.15, 0.2) is 17.2 Å². The summed E-state index contributed by atoms with van der Waals surface area (Å²) in [7, 11) is 1.40. The third-order valence-electron chi connectivity index (χ3n) is 6.73. The summed E-state index contributed by atoms with van der Waals surface area (Å²) in [5, 5.41) is 3.87. The molecule has 0 N–H and O–H groups in total. The topological polar surface area (TPSA) is 87.8 Å². The minimum absolute atomic E-state index is 0.0753. The molecule has 0 aliphatic carbocycles. The van der Waals surface area contributed by atoms with E-state index in [1.165, 1.54) is 77.3 Å². The highest BCUT2D eigenvalue weighted by molar-refractivity contribution is 6.06. The highest BCUT2D eigenvalue weighted by Gasteiger charge is 2.44. The molecule has 2 aliphatic rings. The Hall–Kier alpha value is -4.72. The summed E-state index contributed by atoms with van der Waals surface area (Å²) in [6.07, 6.45) is -7.19. The van der Waals surface area contributed by atoms with E-state index in [0.717, 1.165) is 4.68 Å². The van der Waals surface area contributed by atoms with Crippen molar-refractivity contribution in [1.29, 1.82) is 0 Å². The molecule has 14 heteroatoms. The van der Waals surface area contributed by atoms with Crippen LogP contribution in [0.4, 0.5) is 27.6 Å². The van der Waals surface area contributed by atoms with Crippen LogP contribution in [-0.2, 0) is 17.5 Å². The van der Waals surface area contributed by atoms with Gasteiger partial charge in [-0.25, -0.2) is 4.68 Å². The van der Waals surface area contributed by atoms with Crippen LogP contribution in [0.3, 0.4) is 0 Å². The van der Waals surface area contributed by atoms with Gasteiger partial charge < -0.3 is 23.7 Å². The Morgan fingerprint density at radius 3 is 2.59 bits per heavy atom. The van der Waals surface area contributed by atoms with Crippen LogP contribution in [0.15, 0.2) is 71.7 Å². The van der Waals surface area contributed by atoms with Gasteiger partial charge in [0.1, 0.15) is 6.04 Å². The Kier molecular flexibility index (Phi) is 6.10. The first-order chi connectivity index (χ1) is 19.4. The number of aromatic nitrogens is 3. The highest BCUT2D eigenvalue weighted by atomic mass is 19.4. The molecular weight excluding hydrogens is 555 g/mol. The molecule has 9 nitrogen and oxygen atoms in total. The van der Waals surface area contributed by atoms with Crippen LogP contribution in [0.25, 0.3) is 5.69 Å². The van der Waals surface area contributed by atoms with E-state index in [0.29, 0.717) is 0 Å². The van der Waals surface area contributed by atoms with Crippen molar-refractivity contribution in [2.45, 2.75) is 25.1 Å². The molecule has 6 rings (SSSR count). The minimum atomic E-state index is -4.81. The van der Waals surface area contributed by atoms with E-state index in [1.54, 1.807) is 6.07 Å². The summed E-state index contributed by atoms with van der Waals surface area (Å²) < 4.78 is 85.6. The van der Waals surface area contributed by atoms with Gasteiger partial charge in [0.2, 0.25) is 0 Å². The Bertz CT molecular complexity index is 1730. The fourth-order valence-corrected chi connectivity index (χ4v) is 4.86. The third kappa shape index (κ3) is 4.69. The monoisotopic (exact) mass is 574 g/mol. The molecule has 1 amide bonds. The molecule has 0 radical (unpaired) electrons. The van der Waals surface area contributed by atoms with E-state index in [2.05, 4.69) is 14.6 Å². The molecule has 0 saturated heterocycles. The number of hydrogen-bond acceptors (Lipinski definition) is 6. The molecule has 0 fully saturated rings. The molecule has 0 spiro atoms. The molecule has 1 unspecified atom stereocenters. The van der Waals surface area contributed by atoms with Gasteiger partial charge in [0, 0.05) is 42.2 Å². The molecule has 2 aromatic carbocycles. The zero-order chi connectivity index (χ0) is 29.1. The summed E-state index contributed by atoms with van der Waals surface area (Å²) >= 11 is 0. The van der Waals surface area contributed by atoms with E-state index in [1.807, 2.05) is 0 Å². The van der Waals surface area contributed by atoms with Crippen LogP contribution in [0.5, 0.6) is 11.5 Å². The van der Waals surface area contributed by atoms with Crippen LogP contribution >= 0.6 is 0 Å². The first kappa shape index (κ1) is 26.5. The van der Waals surface area contributed by atoms with Crippen molar-refractivity contribution in [1.82, 2.24) is 14.3 Å². The van der Waals surface area contributed by atoms with E-state index < -0.39 is 35.7 Å². The number of pyridine rings is 1. The molecule has 0 saturated carbocycles. The number of halogens is 5. The number of alkyl halides is 5. The smallest absolute Gasteiger partial charge is 0.395 e. The lowest BCUT2D eigenvalue weighted by Gasteiger charge is -2.26. The van der Waals surface area contributed by atoms with Gasteiger partial charge in [-0.15, -0.1) is 8.78 Å². The van der Waals surface area contributed by atoms with Crippen molar-refractivity contribution in [3.63, 3.8) is 0 Å². The summed E-state index contributed by atoms with van der Waals surface area (Å²) in [4.78, 5) is 27.1. The van der Waals surface area contributed by atoms with Gasteiger partial charge in [-0.05, 0) is 36.4 Å². The van der Waals surface area contributed by atoms with Crippen LogP contribution < -0.4 is 19.9 Å². The van der Waals surface area contributed by atoms with Crippen molar-refractivity contribution in [3.8, 4) is 17.2 Å². The van der Waals surface area contributed by atoms with Gasteiger partial charge in [-0.3, -0.25) is 9.59 Å². The molecule has 1 atom stereocenters. The molecule has 41 heavy (non-hydrogen) atoms. The highest BCUT2D eigenvalue weighted by Crippen LogP contribution is 2.43. The van der Waals surface area contributed by atoms with E-state index in [9.17, 15) is 31.5 Å². The van der Waals surface area contributed by atoms with Crippen molar-refractivity contribution in [3.05, 3.63) is 99.7 Å². The van der Waals surface area contributed by atoms with Crippen LogP contribution in [0.2, 0.25) is 0 Å². The van der Waals surface area contributed by atoms with Gasteiger partial charge in [0.25, 0.3) is 11.5 Å². The fourth-order valence-electron chi connectivity index (χ4n) is 4.86. The number of anilines is 1. The lowest BCUT2D eigenvalue weighted by molar-refractivity contribution is -0.286. The molecule has 2 aromatic heterocycles. The van der Waals surface area contributed by atoms with E-state index >= 15 is 0 Å². The number of hydrogen-bond donors (Lipinski definition) is 0. The number of ether oxygens (including phenoxy) is 3. The number of benzene rings is 2. The van der Waals surface area contributed by atoms with Crippen LogP contribution in [-0.4, -0.2) is 40.2 Å². The molecule has 4 heterocycles. The number of rotatable bonds is 4. The standard InChI is InChI=1S/C27H19F5N4O5/c1-34(16-8-9-20-21(12-16)41-27(31,32)40-20)25(38)15-5-4-6-17(11-15)36-23-18(24(33-36)26(28,29)30)13-39-14-19(23)35-10-3-2-7-22(35)37/h2-12,19H,13-14H2,1H3. The summed E-state index contributed by atoms with van der Waals surface area (Å²) in [5.41, 5.74) is -1.29. The molecule has 212 valence electrons. The predicted octanol–water partition coefficient (Wildman–Crippen LogP) is 4.77. The summed E-state index contributed by atoms with van der Waals surface area (Å²) in [6.45, 7) is -0.447. The van der Waals surface area contributed by atoms with Crippen molar-refractivity contribution in [2.24, 2.45) is 0 Å².